The molecule has 3 aromatic rings. The fraction of sp³-hybridized carbons (Fsp3) is 0.370. The molecule has 3 amide bonds. The number of H-pyrrole nitrogens is 1. The molecular formula is C27H30N4O3. The summed E-state index contributed by atoms with van der Waals surface area (Å²) in [7, 11) is 0. The average molecular weight is 459 g/mol. The highest BCUT2D eigenvalue weighted by Gasteiger charge is 2.31. The summed E-state index contributed by atoms with van der Waals surface area (Å²) in [6.07, 6.45) is 8.40. The van der Waals surface area contributed by atoms with E-state index in [0.29, 0.717) is 28.6 Å². The summed E-state index contributed by atoms with van der Waals surface area (Å²) in [5.41, 5.74) is 8.96. The van der Waals surface area contributed by atoms with Crippen molar-refractivity contribution in [1.82, 2.24) is 9.88 Å². The summed E-state index contributed by atoms with van der Waals surface area (Å²) in [5, 5.41) is 4.02. The minimum Gasteiger partial charge on any atom is -0.366 e. The van der Waals surface area contributed by atoms with Gasteiger partial charge < -0.3 is 20.9 Å². The van der Waals surface area contributed by atoms with Crippen molar-refractivity contribution in [2.45, 2.75) is 44.4 Å². The highest BCUT2D eigenvalue weighted by atomic mass is 16.2. The number of nitrogens with one attached hydrogen (secondary N) is 2. The third-order valence-corrected chi connectivity index (χ3v) is 7.33. The predicted octanol–water partition coefficient (Wildman–Crippen LogP) is 4.42. The number of piperidine rings is 1. The Bertz CT molecular complexity index is 1230. The number of primary amides is 1. The summed E-state index contributed by atoms with van der Waals surface area (Å²) in [4.78, 5) is 42.4. The predicted molar refractivity (Wildman–Crippen MR) is 132 cm³/mol. The first-order valence-corrected chi connectivity index (χ1v) is 12.1. The van der Waals surface area contributed by atoms with Crippen LogP contribution in [0.15, 0.2) is 48.7 Å². The van der Waals surface area contributed by atoms with Gasteiger partial charge >= 0.3 is 0 Å². The molecule has 1 aliphatic heterocycles. The number of hydrogen-bond donors (Lipinski definition) is 3. The van der Waals surface area contributed by atoms with E-state index < -0.39 is 5.91 Å². The third kappa shape index (κ3) is 4.42. The molecule has 0 atom stereocenters. The fourth-order valence-electron chi connectivity index (χ4n) is 5.42. The maximum absolute atomic E-state index is 12.8. The summed E-state index contributed by atoms with van der Waals surface area (Å²) in [6.45, 7) is 1.61. The average Bonchev–Trinajstić information content (AvgIpc) is 3.54. The zero-order valence-corrected chi connectivity index (χ0v) is 19.2. The molecule has 4 N–H and O–H groups in total. The van der Waals surface area contributed by atoms with Crippen molar-refractivity contribution in [2.75, 3.05) is 18.4 Å². The first kappa shape index (κ1) is 22.2. The number of likely N-dealkylation sites (tertiary alicyclic amines) is 1. The molecule has 34 heavy (non-hydrogen) atoms. The van der Waals surface area contributed by atoms with Crippen molar-refractivity contribution >= 4 is 34.3 Å². The van der Waals surface area contributed by atoms with Gasteiger partial charge in [-0.05, 0) is 73.6 Å². The molecule has 2 aromatic carbocycles. The molecule has 0 radical (unpaired) electrons. The van der Waals surface area contributed by atoms with E-state index >= 15 is 0 Å². The van der Waals surface area contributed by atoms with E-state index in [-0.39, 0.29) is 11.8 Å². The molecular weight excluding hydrogens is 428 g/mol. The largest absolute Gasteiger partial charge is 0.366 e. The quantitative estimate of drug-likeness (QED) is 0.527. The number of carbonyl (C=O) groups excluding carboxylic acids is 3. The molecule has 0 spiro atoms. The SMILES string of the molecule is NC(=O)c1cccc(C(=O)Nc2ccc3[nH]cc(C4CCN(C(=O)C5CCCC5)CC4)c3c2)c1. The van der Waals surface area contributed by atoms with Crippen molar-refractivity contribution in [1.29, 1.82) is 0 Å². The molecule has 176 valence electrons. The second-order valence-electron chi connectivity index (χ2n) is 9.48. The van der Waals surface area contributed by atoms with Crippen molar-refractivity contribution in [3.05, 3.63) is 65.4 Å². The van der Waals surface area contributed by atoms with Crippen molar-refractivity contribution in [3.63, 3.8) is 0 Å². The molecule has 5 rings (SSSR count). The van der Waals surface area contributed by atoms with E-state index in [1.165, 1.54) is 24.5 Å². The van der Waals surface area contributed by atoms with Crippen LogP contribution >= 0.6 is 0 Å². The van der Waals surface area contributed by atoms with Gasteiger partial charge in [-0.1, -0.05) is 18.9 Å². The van der Waals surface area contributed by atoms with Gasteiger partial charge in [-0.25, -0.2) is 0 Å². The molecule has 1 aliphatic carbocycles. The number of aromatic amines is 1. The number of benzene rings is 2. The van der Waals surface area contributed by atoms with Crippen LogP contribution in [-0.4, -0.2) is 40.7 Å². The molecule has 1 aromatic heterocycles. The Kier molecular flexibility index (Phi) is 6.09. The highest BCUT2D eigenvalue weighted by Crippen LogP contribution is 2.36. The second kappa shape index (κ2) is 9.33. The first-order chi connectivity index (χ1) is 16.5. The first-order valence-electron chi connectivity index (χ1n) is 12.1. The van der Waals surface area contributed by atoms with E-state index in [0.717, 1.165) is 49.7 Å². The zero-order valence-electron chi connectivity index (χ0n) is 19.2. The van der Waals surface area contributed by atoms with Gasteiger partial charge in [0.1, 0.15) is 0 Å². The van der Waals surface area contributed by atoms with E-state index in [9.17, 15) is 14.4 Å². The van der Waals surface area contributed by atoms with Crippen LogP contribution in [0, 0.1) is 5.92 Å². The van der Waals surface area contributed by atoms with Crippen LogP contribution in [0.5, 0.6) is 0 Å². The smallest absolute Gasteiger partial charge is 0.255 e. The normalized spacial score (nSPS) is 17.2. The lowest BCUT2D eigenvalue weighted by molar-refractivity contribution is -0.136. The molecule has 7 nitrogen and oxygen atoms in total. The molecule has 1 saturated heterocycles. The summed E-state index contributed by atoms with van der Waals surface area (Å²) >= 11 is 0. The standard InChI is InChI=1S/C27H30N4O3/c28-25(32)19-6-3-7-20(14-19)26(33)30-21-8-9-24-22(15-21)23(16-29-24)17-10-12-31(13-11-17)27(34)18-4-1-2-5-18/h3,6-9,14-18,29H,1-2,4-5,10-13H2,(H2,28,32)(H,30,33). The summed E-state index contributed by atoms with van der Waals surface area (Å²) in [5.74, 6) is 0.0987. The second-order valence-corrected chi connectivity index (χ2v) is 9.48. The maximum atomic E-state index is 12.8. The van der Waals surface area contributed by atoms with Crippen LogP contribution in [0.3, 0.4) is 0 Å². The molecule has 1 saturated carbocycles. The van der Waals surface area contributed by atoms with Crippen molar-refractivity contribution in [2.24, 2.45) is 11.7 Å². The van der Waals surface area contributed by atoms with Gasteiger partial charge in [0, 0.05) is 52.9 Å². The number of rotatable bonds is 5. The summed E-state index contributed by atoms with van der Waals surface area (Å²) in [6, 6.07) is 12.2. The maximum Gasteiger partial charge on any atom is 0.255 e. The van der Waals surface area contributed by atoms with Gasteiger partial charge in [-0.3, -0.25) is 14.4 Å². The number of aromatic nitrogens is 1. The number of fused-ring (bicyclic) bond motifs is 1. The Morgan fingerprint density at radius 2 is 1.68 bits per heavy atom. The number of nitrogens with two attached hydrogens (primary N) is 1. The number of nitrogens with zero attached hydrogens (tertiary/aromatic N) is 1. The number of hydrogen-bond acceptors (Lipinski definition) is 3. The lowest BCUT2D eigenvalue weighted by Gasteiger charge is -2.33. The molecule has 0 bridgehead atoms. The van der Waals surface area contributed by atoms with Gasteiger partial charge in [0.05, 0.1) is 0 Å². The van der Waals surface area contributed by atoms with Crippen LogP contribution in [0.2, 0.25) is 0 Å². The van der Waals surface area contributed by atoms with Crippen LogP contribution in [0.4, 0.5) is 5.69 Å². The van der Waals surface area contributed by atoms with E-state index in [2.05, 4.69) is 21.4 Å². The summed E-state index contributed by atoms with van der Waals surface area (Å²) < 4.78 is 0. The van der Waals surface area contributed by atoms with Gasteiger partial charge in [-0.15, -0.1) is 0 Å². The lowest BCUT2D eigenvalue weighted by Crippen LogP contribution is -2.40. The Balaban J connectivity index is 1.29. The zero-order chi connectivity index (χ0) is 23.7. The topological polar surface area (TPSA) is 108 Å². The van der Waals surface area contributed by atoms with Gasteiger partial charge in [-0.2, -0.15) is 0 Å². The highest BCUT2D eigenvalue weighted by molar-refractivity contribution is 6.06. The van der Waals surface area contributed by atoms with Gasteiger partial charge in [0.2, 0.25) is 11.8 Å². The van der Waals surface area contributed by atoms with Crippen LogP contribution in [0.25, 0.3) is 10.9 Å². The number of amides is 3. The number of carbonyl (C=O) groups is 3. The molecule has 2 fully saturated rings. The Morgan fingerprint density at radius 1 is 0.941 bits per heavy atom. The minimum absolute atomic E-state index is 0.236. The molecule has 7 heteroatoms. The fourth-order valence-corrected chi connectivity index (χ4v) is 5.42. The van der Waals surface area contributed by atoms with Crippen molar-refractivity contribution in [3.8, 4) is 0 Å². The minimum atomic E-state index is -0.566. The third-order valence-electron chi connectivity index (χ3n) is 7.33. The van der Waals surface area contributed by atoms with E-state index in [1.807, 2.05) is 18.2 Å². The Hall–Kier alpha value is -3.61. The molecule has 0 unspecified atom stereocenters. The molecule has 2 heterocycles. The Morgan fingerprint density at radius 3 is 2.41 bits per heavy atom. The van der Waals surface area contributed by atoms with Crippen molar-refractivity contribution < 1.29 is 14.4 Å². The Labute approximate surface area is 198 Å². The van der Waals surface area contributed by atoms with Crippen LogP contribution in [-0.2, 0) is 4.79 Å². The van der Waals surface area contributed by atoms with Gasteiger partial charge in [0.15, 0.2) is 0 Å². The lowest BCUT2D eigenvalue weighted by atomic mass is 9.88. The van der Waals surface area contributed by atoms with Gasteiger partial charge in [0.25, 0.3) is 5.91 Å². The number of anilines is 1. The van der Waals surface area contributed by atoms with E-state index in [1.54, 1.807) is 18.2 Å². The molecule has 2 aliphatic rings. The van der Waals surface area contributed by atoms with E-state index in [4.69, 9.17) is 5.73 Å². The van der Waals surface area contributed by atoms with Crippen LogP contribution < -0.4 is 11.1 Å². The van der Waals surface area contributed by atoms with Crippen LogP contribution in [0.1, 0.15) is 70.7 Å². The monoisotopic (exact) mass is 458 g/mol.